The van der Waals surface area contributed by atoms with E-state index in [-0.39, 0.29) is 0 Å². The molecule has 16 heavy (non-hydrogen) atoms. The normalized spacial score (nSPS) is 16.0. The van der Waals surface area contributed by atoms with Crippen LogP contribution in [0.15, 0.2) is 59.9 Å². The monoisotopic (exact) mass is 212 g/mol. The first-order valence-corrected chi connectivity index (χ1v) is 5.64. The summed E-state index contributed by atoms with van der Waals surface area (Å²) >= 11 is 0. The van der Waals surface area contributed by atoms with Gasteiger partial charge in [0, 0.05) is 6.42 Å². The molecule has 0 aromatic heterocycles. The highest BCUT2D eigenvalue weighted by Crippen LogP contribution is 2.19. The molecule has 1 aliphatic carbocycles. The van der Waals surface area contributed by atoms with E-state index in [1.807, 2.05) is 24.3 Å². The second-order valence-electron chi connectivity index (χ2n) is 4.00. The van der Waals surface area contributed by atoms with Crippen LogP contribution >= 0.6 is 0 Å². The van der Waals surface area contributed by atoms with Crippen LogP contribution in [0.5, 0.6) is 0 Å². The van der Waals surface area contributed by atoms with E-state index in [1.54, 1.807) is 6.08 Å². The summed E-state index contributed by atoms with van der Waals surface area (Å²) in [6.07, 6.45) is 10.9. The number of aliphatic hydroxyl groups excluding tert-OH is 1. The number of hydrogen-bond donors (Lipinski definition) is 1. The summed E-state index contributed by atoms with van der Waals surface area (Å²) in [4.78, 5) is 0. The Labute approximate surface area is 96.4 Å². The molecule has 1 nitrogen and oxygen atoms in total. The highest BCUT2D eigenvalue weighted by molar-refractivity contribution is 5.49. The number of allylic oxidation sites excluding steroid dienone is 5. The molecule has 0 heterocycles. The van der Waals surface area contributed by atoms with Crippen LogP contribution < -0.4 is 0 Å². The third kappa shape index (κ3) is 3.13. The number of rotatable bonds is 3. The average Bonchev–Trinajstić information content (AvgIpc) is 2.33. The molecule has 0 fully saturated rings. The molecule has 0 saturated carbocycles. The maximum atomic E-state index is 9.23. The van der Waals surface area contributed by atoms with Crippen molar-refractivity contribution in [2.75, 3.05) is 0 Å². The third-order valence-electron chi connectivity index (χ3n) is 2.70. The molecular formula is C15H16O. The van der Waals surface area contributed by atoms with E-state index in [2.05, 4.69) is 24.3 Å². The Morgan fingerprint density at radius 1 is 1.06 bits per heavy atom. The minimum absolute atomic E-state index is 0.496. The van der Waals surface area contributed by atoms with E-state index in [0.717, 1.165) is 19.3 Å². The summed E-state index contributed by atoms with van der Waals surface area (Å²) in [6, 6.07) is 10.3. The van der Waals surface area contributed by atoms with Crippen LogP contribution in [-0.2, 0) is 0 Å². The van der Waals surface area contributed by atoms with Crippen molar-refractivity contribution >= 4 is 6.08 Å². The zero-order valence-corrected chi connectivity index (χ0v) is 9.26. The van der Waals surface area contributed by atoms with Gasteiger partial charge in [0.2, 0.25) is 0 Å². The Morgan fingerprint density at radius 2 is 1.88 bits per heavy atom. The molecule has 0 amide bonds. The Hall–Kier alpha value is -1.76. The van der Waals surface area contributed by atoms with Crippen molar-refractivity contribution < 1.29 is 5.11 Å². The van der Waals surface area contributed by atoms with E-state index >= 15 is 0 Å². The van der Waals surface area contributed by atoms with Gasteiger partial charge >= 0.3 is 0 Å². The second kappa shape index (κ2) is 5.36. The summed E-state index contributed by atoms with van der Waals surface area (Å²) in [7, 11) is 0. The first-order chi connectivity index (χ1) is 7.84. The van der Waals surface area contributed by atoms with Gasteiger partial charge in [0.15, 0.2) is 0 Å². The largest absolute Gasteiger partial charge is 0.512 e. The molecule has 1 aromatic rings. The minimum atomic E-state index is 0.496. The van der Waals surface area contributed by atoms with Crippen LogP contribution in [0, 0.1) is 0 Å². The number of hydrogen-bond acceptors (Lipinski definition) is 1. The molecule has 1 N–H and O–H groups in total. The average molecular weight is 212 g/mol. The van der Waals surface area contributed by atoms with Gasteiger partial charge in [0.05, 0.1) is 5.76 Å². The third-order valence-corrected chi connectivity index (χ3v) is 2.70. The zero-order chi connectivity index (χ0) is 11.2. The lowest BCUT2D eigenvalue weighted by Crippen LogP contribution is -1.91. The van der Waals surface area contributed by atoms with Gasteiger partial charge in [-0.2, -0.15) is 0 Å². The fourth-order valence-electron chi connectivity index (χ4n) is 1.75. The Kier molecular flexibility index (Phi) is 3.60. The van der Waals surface area contributed by atoms with Crippen molar-refractivity contribution in [1.29, 1.82) is 0 Å². The highest BCUT2D eigenvalue weighted by Gasteiger charge is 2.02. The molecule has 82 valence electrons. The summed E-state index contributed by atoms with van der Waals surface area (Å²) in [5.74, 6) is 0.496. The SMILES string of the molecule is OC1=CC=C(C/C=C/c2ccccc2)CC1. The van der Waals surface area contributed by atoms with Crippen LogP contribution in [-0.4, -0.2) is 5.11 Å². The molecule has 0 unspecified atom stereocenters. The van der Waals surface area contributed by atoms with Gasteiger partial charge < -0.3 is 5.11 Å². The van der Waals surface area contributed by atoms with Gasteiger partial charge in [0.1, 0.15) is 0 Å². The van der Waals surface area contributed by atoms with Gasteiger partial charge in [-0.3, -0.25) is 0 Å². The standard InChI is InChI=1S/C15H16O/c16-15-11-9-14(10-12-15)8-4-7-13-5-2-1-3-6-13/h1-7,9,11,16H,8,10,12H2/b7-4+. The van der Waals surface area contributed by atoms with Crippen LogP contribution in [0.4, 0.5) is 0 Å². The van der Waals surface area contributed by atoms with Crippen LogP contribution in [0.1, 0.15) is 24.8 Å². The molecule has 1 aromatic carbocycles. The fourth-order valence-corrected chi connectivity index (χ4v) is 1.75. The van der Waals surface area contributed by atoms with E-state index in [9.17, 15) is 5.11 Å². The molecule has 0 saturated heterocycles. The molecule has 1 heteroatoms. The van der Waals surface area contributed by atoms with Gasteiger partial charge in [-0.05, 0) is 24.5 Å². The summed E-state index contributed by atoms with van der Waals surface area (Å²) in [6.45, 7) is 0. The Bertz CT molecular complexity index is 424. The second-order valence-corrected chi connectivity index (χ2v) is 4.00. The predicted octanol–water partition coefficient (Wildman–Crippen LogP) is 4.25. The number of benzene rings is 1. The van der Waals surface area contributed by atoms with E-state index in [1.165, 1.54) is 11.1 Å². The smallest absolute Gasteiger partial charge is 0.0925 e. The van der Waals surface area contributed by atoms with Crippen molar-refractivity contribution in [3.05, 3.63) is 65.5 Å². The maximum Gasteiger partial charge on any atom is 0.0925 e. The van der Waals surface area contributed by atoms with Crippen molar-refractivity contribution in [3.8, 4) is 0 Å². The molecule has 0 bridgehead atoms. The fraction of sp³-hybridized carbons (Fsp3) is 0.200. The molecule has 1 aliphatic rings. The zero-order valence-electron chi connectivity index (χ0n) is 9.26. The van der Waals surface area contributed by atoms with E-state index in [0.29, 0.717) is 5.76 Å². The predicted molar refractivity (Wildman–Crippen MR) is 68.1 cm³/mol. The lowest BCUT2D eigenvalue weighted by molar-refractivity contribution is 0.385. The minimum Gasteiger partial charge on any atom is -0.512 e. The molecule has 0 aliphatic heterocycles. The van der Waals surface area contributed by atoms with Gasteiger partial charge in [-0.15, -0.1) is 0 Å². The summed E-state index contributed by atoms with van der Waals surface area (Å²) in [5, 5.41) is 9.23. The van der Waals surface area contributed by atoms with Gasteiger partial charge in [-0.25, -0.2) is 0 Å². The van der Waals surface area contributed by atoms with E-state index in [4.69, 9.17) is 0 Å². The molecule has 0 atom stereocenters. The molecule has 0 spiro atoms. The lowest BCUT2D eigenvalue weighted by Gasteiger charge is -2.08. The number of aliphatic hydroxyl groups is 1. The van der Waals surface area contributed by atoms with Crippen LogP contribution in [0.2, 0.25) is 0 Å². The summed E-state index contributed by atoms with van der Waals surface area (Å²) < 4.78 is 0. The first kappa shape index (κ1) is 10.7. The van der Waals surface area contributed by atoms with Crippen LogP contribution in [0.3, 0.4) is 0 Å². The summed E-state index contributed by atoms with van der Waals surface area (Å²) in [5.41, 5.74) is 2.61. The van der Waals surface area contributed by atoms with Crippen LogP contribution in [0.25, 0.3) is 6.08 Å². The van der Waals surface area contributed by atoms with Gasteiger partial charge in [0.25, 0.3) is 0 Å². The maximum absolute atomic E-state index is 9.23. The highest BCUT2D eigenvalue weighted by atomic mass is 16.3. The Morgan fingerprint density at radius 3 is 2.56 bits per heavy atom. The molecule has 2 rings (SSSR count). The molecule has 0 radical (unpaired) electrons. The molecular weight excluding hydrogens is 196 g/mol. The quantitative estimate of drug-likeness (QED) is 0.794. The topological polar surface area (TPSA) is 20.2 Å². The first-order valence-electron chi connectivity index (χ1n) is 5.64. The van der Waals surface area contributed by atoms with E-state index < -0.39 is 0 Å². The van der Waals surface area contributed by atoms with Crippen molar-refractivity contribution in [2.24, 2.45) is 0 Å². The van der Waals surface area contributed by atoms with Crippen molar-refractivity contribution in [2.45, 2.75) is 19.3 Å². The van der Waals surface area contributed by atoms with Gasteiger partial charge in [-0.1, -0.05) is 54.1 Å². The lowest BCUT2D eigenvalue weighted by atomic mass is 10.0. The Balaban J connectivity index is 1.91. The van der Waals surface area contributed by atoms with Crippen molar-refractivity contribution in [1.82, 2.24) is 0 Å². The van der Waals surface area contributed by atoms with Crippen molar-refractivity contribution in [3.63, 3.8) is 0 Å².